The van der Waals surface area contributed by atoms with Gasteiger partial charge in [-0.1, -0.05) is 0 Å². The highest BCUT2D eigenvalue weighted by molar-refractivity contribution is 6.01. The van der Waals surface area contributed by atoms with Gasteiger partial charge in [0.2, 0.25) is 11.9 Å². The Morgan fingerprint density at radius 3 is 2.15 bits per heavy atom. The topological polar surface area (TPSA) is 142 Å². The molecular formula is C29H33N7O5. The van der Waals surface area contributed by atoms with E-state index in [0.29, 0.717) is 67.6 Å². The van der Waals surface area contributed by atoms with Crippen LogP contribution in [0.4, 0.5) is 28.1 Å². The van der Waals surface area contributed by atoms with Crippen molar-refractivity contribution in [1.29, 1.82) is 0 Å². The smallest absolute Gasteiger partial charge is 0.323 e. The molecule has 4 heterocycles. The minimum absolute atomic E-state index is 0.143. The minimum Gasteiger partial charge on any atom is -0.388 e. The van der Waals surface area contributed by atoms with Crippen LogP contribution in [0.15, 0.2) is 48.5 Å². The van der Waals surface area contributed by atoms with E-state index in [9.17, 15) is 9.59 Å². The molecule has 2 bridgehead atoms. The number of ketones is 1. The Labute approximate surface area is 237 Å². The van der Waals surface area contributed by atoms with Crippen LogP contribution in [0, 0.1) is 0 Å². The predicted octanol–water partition coefficient (Wildman–Crippen LogP) is 2.95. The molecule has 3 aliphatic rings. The van der Waals surface area contributed by atoms with Gasteiger partial charge >= 0.3 is 6.03 Å². The Kier molecular flexibility index (Phi) is 7.77. The van der Waals surface area contributed by atoms with Gasteiger partial charge in [-0.3, -0.25) is 4.79 Å². The van der Waals surface area contributed by atoms with Gasteiger partial charge in [0.05, 0.1) is 44.6 Å². The fourth-order valence-corrected chi connectivity index (χ4v) is 5.53. The largest absolute Gasteiger partial charge is 0.388 e. The number of rotatable bonds is 7. The summed E-state index contributed by atoms with van der Waals surface area (Å²) < 4.78 is 11.4. The van der Waals surface area contributed by atoms with Crippen LogP contribution in [0.5, 0.6) is 0 Å². The van der Waals surface area contributed by atoms with Gasteiger partial charge in [-0.15, -0.1) is 0 Å². The van der Waals surface area contributed by atoms with E-state index < -0.39 is 12.6 Å². The number of hydrogen-bond acceptors (Lipinski definition) is 10. The Morgan fingerprint density at radius 1 is 0.878 bits per heavy atom. The summed E-state index contributed by atoms with van der Waals surface area (Å²) in [4.78, 5) is 43.3. The number of aromatic nitrogens is 3. The minimum atomic E-state index is -0.559. The molecule has 3 N–H and O–H groups in total. The number of morpholine rings is 2. The molecule has 0 radical (unpaired) electrons. The molecule has 3 fully saturated rings. The lowest BCUT2D eigenvalue weighted by atomic mass is 10.1. The SMILES string of the molecule is C[C@@H]1COCCN1c1nc(-c2ccc(NC(=O)Nc3ccc(C(=O)CO)cc3)cc2)nc(N2C3CCC2COC3)n1. The van der Waals surface area contributed by atoms with Gasteiger partial charge in [0.25, 0.3) is 0 Å². The highest BCUT2D eigenvalue weighted by Gasteiger charge is 2.39. The Bertz CT molecular complexity index is 1390. The third kappa shape index (κ3) is 5.85. The molecule has 2 aromatic carbocycles. The van der Waals surface area contributed by atoms with Crippen molar-refractivity contribution in [2.75, 3.05) is 60.0 Å². The highest BCUT2D eigenvalue weighted by atomic mass is 16.5. The van der Waals surface area contributed by atoms with E-state index in [1.165, 1.54) is 0 Å². The predicted molar refractivity (Wildman–Crippen MR) is 153 cm³/mol. The zero-order valence-electron chi connectivity index (χ0n) is 22.8. The molecule has 2 amide bonds. The molecule has 12 nitrogen and oxygen atoms in total. The van der Waals surface area contributed by atoms with E-state index in [-0.39, 0.29) is 23.9 Å². The average Bonchev–Trinajstić information content (AvgIpc) is 3.25. The zero-order chi connectivity index (χ0) is 28.3. The monoisotopic (exact) mass is 559 g/mol. The molecule has 12 heteroatoms. The number of aliphatic hydroxyl groups is 1. The first-order valence-corrected chi connectivity index (χ1v) is 13.9. The van der Waals surface area contributed by atoms with Crippen molar-refractivity contribution in [3.8, 4) is 11.4 Å². The standard InChI is InChI=1S/C29H33N7O5/c1-18-15-40-13-12-35(18)27-32-26(33-28(34-27)36-23-10-11-24(36)17-41-16-23)20-4-8-22(9-5-20)31-29(39)30-21-6-2-19(3-7-21)25(38)14-37/h2-9,18,23-24,37H,10-17H2,1H3,(H2,30,31,39)/t18-,23?,24?/m1/s1. The van der Waals surface area contributed by atoms with Gasteiger partial charge in [0, 0.05) is 29.0 Å². The van der Waals surface area contributed by atoms with Crippen molar-refractivity contribution in [2.24, 2.45) is 0 Å². The fourth-order valence-electron chi connectivity index (χ4n) is 5.53. The number of aliphatic hydroxyl groups excluding tert-OH is 1. The van der Waals surface area contributed by atoms with Crippen molar-refractivity contribution in [3.63, 3.8) is 0 Å². The molecule has 3 saturated heterocycles. The first-order chi connectivity index (χ1) is 20.0. The number of hydrogen-bond donors (Lipinski definition) is 3. The first-order valence-electron chi connectivity index (χ1n) is 13.9. The van der Waals surface area contributed by atoms with E-state index in [0.717, 1.165) is 18.4 Å². The van der Waals surface area contributed by atoms with Crippen molar-refractivity contribution in [2.45, 2.75) is 37.9 Å². The second-order valence-electron chi connectivity index (χ2n) is 10.5. The molecule has 1 aromatic heterocycles. The summed E-state index contributed by atoms with van der Waals surface area (Å²) in [6, 6.07) is 13.9. The number of urea groups is 1. The van der Waals surface area contributed by atoms with Gasteiger partial charge in [-0.2, -0.15) is 15.0 Å². The van der Waals surface area contributed by atoms with Crippen LogP contribution in [0.1, 0.15) is 30.1 Å². The second kappa shape index (κ2) is 11.8. The Balaban J connectivity index is 1.21. The average molecular weight is 560 g/mol. The van der Waals surface area contributed by atoms with Gasteiger partial charge < -0.3 is 35.0 Å². The van der Waals surface area contributed by atoms with E-state index in [2.05, 4.69) is 27.4 Å². The number of amides is 2. The summed E-state index contributed by atoms with van der Waals surface area (Å²) >= 11 is 0. The zero-order valence-corrected chi connectivity index (χ0v) is 22.8. The molecule has 3 aromatic rings. The lowest BCUT2D eigenvalue weighted by molar-refractivity contribution is 0.0895. The number of carbonyl (C=O) groups excluding carboxylic acids is 2. The molecular weight excluding hydrogens is 526 g/mol. The van der Waals surface area contributed by atoms with E-state index in [1.54, 1.807) is 36.4 Å². The quantitative estimate of drug-likeness (QED) is 0.370. The summed E-state index contributed by atoms with van der Waals surface area (Å²) in [6.45, 7) is 4.84. The number of anilines is 4. The lowest BCUT2D eigenvalue weighted by Crippen LogP contribution is -2.48. The van der Waals surface area contributed by atoms with Crippen LogP contribution < -0.4 is 20.4 Å². The third-order valence-corrected chi connectivity index (χ3v) is 7.72. The molecule has 0 aliphatic carbocycles. The summed E-state index contributed by atoms with van der Waals surface area (Å²) in [5.41, 5.74) is 2.31. The molecule has 2 unspecified atom stereocenters. The van der Waals surface area contributed by atoms with Crippen LogP contribution in [-0.2, 0) is 9.47 Å². The van der Waals surface area contributed by atoms with Crippen LogP contribution in [0.2, 0.25) is 0 Å². The van der Waals surface area contributed by atoms with Crippen molar-refractivity contribution < 1.29 is 24.2 Å². The normalized spacial score (nSPS) is 22.0. The first kappa shape index (κ1) is 27.1. The second-order valence-corrected chi connectivity index (χ2v) is 10.5. The summed E-state index contributed by atoms with van der Waals surface area (Å²) in [5, 5.41) is 14.5. The maximum Gasteiger partial charge on any atom is 0.323 e. The van der Waals surface area contributed by atoms with Gasteiger partial charge in [0.15, 0.2) is 11.6 Å². The highest BCUT2D eigenvalue weighted by Crippen LogP contribution is 2.34. The van der Waals surface area contributed by atoms with Gasteiger partial charge in [-0.05, 0) is 68.3 Å². The molecule has 0 saturated carbocycles. The Hall–Kier alpha value is -4.13. The third-order valence-electron chi connectivity index (χ3n) is 7.72. The number of ether oxygens (including phenoxy) is 2. The van der Waals surface area contributed by atoms with Crippen LogP contribution in [-0.4, -0.2) is 89.6 Å². The molecule has 0 spiro atoms. The van der Waals surface area contributed by atoms with Crippen LogP contribution >= 0.6 is 0 Å². The van der Waals surface area contributed by atoms with Crippen LogP contribution in [0.25, 0.3) is 11.4 Å². The van der Waals surface area contributed by atoms with Crippen LogP contribution in [0.3, 0.4) is 0 Å². The van der Waals surface area contributed by atoms with Gasteiger partial charge in [-0.25, -0.2) is 4.79 Å². The Morgan fingerprint density at radius 2 is 1.51 bits per heavy atom. The fraction of sp³-hybridized carbons (Fsp3) is 0.414. The van der Waals surface area contributed by atoms with E-state index >= 15 is 0 Å². The summed E-state index contributed by atoms with van der Waals surface area (Å²) in [5.74, 6) is 1.51. The summed E-state index contributed by atoms with van der Waals surface area (Å²) in [6.07, 6.45) is 2.12. The number of benzene rings is 2. The molecule has 3 atom stereocenters. The maximum absolute atomic E-state index is 12.6. The van der Waals surface area contributed by atoms with E-state index in [1.807, 2.05) is 12.1 Å². The van der Waals surface area contributed by atoms with Crippen molar-refractivity contribution in [3.05, 3.63) is 54.1 Å². The lowest BCUT2D eigenvalue weighted by Gasteiger charge is -2.36. The van der Waals surface area contributed by atoms with Crippen molar-refractivity contribution >= 4 is 35.1 Å². The van der Waals surface area contributed by atoms with E-state index in [4.69, 9.17) is 29.5 Å². The molecule has 214 valence electrons. The van der Waals surface area contributed by atoms with Crippen molar-refractivity contribution in [1.82, 2.24) is 15.0 Å². The number of carbonyl (C=O) groups is 2. The maximum atomic E-state index is 12.6. The van der Waals surface area contributed by atoms with Gasteiger partial charge in [0.1, 0.15) is 6.61 Å². The summed E-state index contributed by atoms with van der Waals surface area (Å²) in [7, 11) is 0. The number of Topliss-reactive ketones (excluding diaryl/α,β-unsaturated/α-hetero) is 1. The molecule has 41 heavy (non-hydrogen) atoms. The number of nitrogens with one attached hydrogen (secondary N) is 2. The number of nitrogens with zero attached hydrogens (tertiary/aromatic N) is 5. The number of fused-ring (bicyclic) bond motifs is 2. The molecule has 6 rings (SSSR count). The molecule has 3 aliphatic heterocycles.